The molecule has 0 aliphatic carbocycles. The number of carbonyl (C=O) groups excluding carboxylic acids is 1. The second-order valence-corrected chi connectivity index (χ2v) is 9.79. The maximum atomic E-state index is 12.9. The third-order valence-corrected chi connectivity index (χ3v) is 7.60. The molecule has 2 aromatic carbocycles. The number of rotatable bonds is 7. The van der Waals surface area contributed by atoms with E-state index in [4.69, 9.17) is 4.74 Å². The second-order valence-electron chi connectivity index (χ2n) is 9.79. The smallest absolute Gasteiger partial charge is 0.222 e. The van der Waals surface area contributed by atoms with Gasteiger partial charge in [0.1, 0.15) is 5.75 Å². The molecule has 0 bridgehead atoms. The van der Waals surface area contributed by atoms with Gasteiger partial charge in [-0.3, -0.25) is 9.69 Å². The minimum Gasteiger partial charge on any atom is -0.496 e. The predicted molar refractivity (Wildman–Crippen MR) is 131 cm³/mol. The fourth-order valence-electron chi connectivity index (χ4n) is 5.51. The van der Waals surface area contributed by atoms with Crippen molar-refractivity contribution in [2.24, 2.45) is 5.92 Å². The molecule has 174 valence electrons. The molecule has 0 saturated carbocycles. The van der Waals surface area contributed by atoms with Crippen LogP contribution in [0.4, 0.5) is 0 Å². The molecule has 5 heteroatoms. The van der Waals surface area contributed by atoms with E-state index >= 15 is 0 Å². The lowest BCUT2D eigenvalue weighted by molar-refractivity contribution is -0.133. The number of benzene rings is 2. The van der Waals surface area contributed by atoms with E-state index in [9.17, 15) is 4.79 Å². The van der Waals surface area contributed by atoms with E-state index in [0.717, 1.165) is 57.7 Å². The highest BCUT2D eigenvalue weighted by Gasteiger charge is 2.26. The lowest BCUT2D eigenvalue weighted by Gasteiger charge is -2.36. The summed E-state index contributed by atoms with van der Waals surface area (Å²) >= 11 is 0. The molecule has 2 heterocycles. The Balaban J connectivity index is 1.33. The van der Waals surface area contributed by atoms with Gasteiger partial charge in [0.2, 0.25) is 5.91 Å². The Labute approximate surface area is 193 Å². The van der Waals surface area contributed by atoms with Crippen LogP contribution in [0.2, 0.25) is 0 Å². The van der Waals surface area contributed by atoms with Gasteiger partial charge in [0.25, 0.3) is 0 Å². The third kappa shape index (κ3) is 5.44. The average molecular weight is 438 g/mol. The Bertz CT molecular complexity index is 907. The van der Waals surface area contributed by atoms with Gasteiger partial charge in [-0.05, 0) is 81.5 Å². The number of fused-ring (bicyclic) bond motifs is 1. The molecule has 0 aromatic heterocycles. The van der Waals surface area contributed by atoms with Crippen LogP contribution in [0.5, 0.6) is 5.75 Å². The summed E-state index contributed by atoms with van der Waals surface area (Å²) in [4.78, 5) is 19.8. The molecule has 2 aliphatic heterocycles. The van der Waals surface area contributed by atoms with Crippen molar-refractivity contribution < 1.29 is 9.53 Å². The van der Waals surface area contributed by atoms with Crippen LogP contribution in [0.1, 0.15) is 44.1 Å². The van der Waals surface area contributed by atoms with Gasteiger partial charge < -0.3 is 14.5 Å². The van der Waals surface area contributed by atoms with E-state index in [2.05, 4.69) is 53.2 Å². The number of likely N-dealkylation sites (tertiary alicyclic amines) is 2. The summed E-state index contributed by atoms with van der Waals surface area (Å²) in [6.07, 6.45) is 6.31. The Kier molecular flexibility index (Phi) is 7.69. The minimum atomic E-state index is 0.326. The van der Waals surface area contributed by atoms with Crippen molar-refractivity contribution in [1.82, 2.24) is 14.7 Å². The zero-order valence-electron chi connectivity index (χ0n) is 20.1. The highest BCUT2D eigenvalue weighted by molar-refractivity contribution is 5.87. The van der Waals surface area contributed by atoms with Gasteiger partial charge in [-0.1, -0.05) is 30.3 Å². The number of nitrogens with zero attached hydrogens (tertiary/aromatic N) is 3. The fraction of sp³-hybridized carbons (Fsp3) is 0.593. The number of hydrogen-bond acceptors (Lipinski definition) is 4. The second kappa shape index (κ2) is 10.7. The van der Waals surface area contributed by atoms with Crippen molar-refractivity contribution in [3.8, 4) is 5.75 Å². The largest absolute Gasteiger partial charge is 0.496 e. The zero-order chi connectivity index (χ0) is 22.5. The normalized spacial score (nSPS) is 21.0. The van der Waals surface area contributed by atoms with Gasteiger partial charge in [-0.25, -0.2) is 0 Å². The Morgan fingerprint density at radius 1 is 1.09 bits per heavy atom. The van der Waals surface area contributed by atoms with E-state index in [-0.39, 0.29) is 0 Å². The maximum absolute atomic E-state index is 12.9. The molecular formula is C27H39N3O2. The van der Waals surface area contributed by atoms with E-state index < -0.39 is 0 Å². The topological polar surface area (TPSA) is 36.0 Å². The molecule has 0 spiro atoms. The highest BCUT2D eigenvalue weighted by atomic mass is 16.5. The lowest BCUT2D eigenvalue weighted by Crippen LogP contribution is -2.44. The van der Waals surface area contributed by atoms with Crippen LogP contribution in [0.3, 0.4) is 0 Å². The van der Waals surface area contributed by atoms with Crippen LogP contribution in [-0.4, -0.2) is 74.0 Å². The molecule has 5 nitrogen and oxygen atoms in total. The van der Waals surface area contributed by atoms with Crippen LogP contribution < -0.4 is 4.74 Å². The first-order chi connectivity index (χ1) is 15.5. The quantitative estimate of drug-likeness (QED) is 0.644. The third-order valence-electron chi connectivity index (χ3n) is 7.60. The fourth-order valence-corrected chi connectivity index (χ4v) is 5.51. The molecule has 4 rings (SSSR count). The monoisotopic (exact) mass is 437 g/mol. The summed E-state index contributed by atoms with van der Waals surface area (Å²) < 4.78 is 5.71. The first-order valence-electron chi connectivity index (χ1n) is 12.3. The van der Waals surface area contributed by atoms with Crippen LogP contribution >= 0.6 is 0 Å². The van der Waals surface area contributed by atoms with E-state index in [0.29, 0.717) is 24.3 Å². The molecule has 1 atom stereocenters. The molecule has 2 saturated heterocycles. The van der Waals surface area contributed by atoms with Crippen molar-refractivity contribution in [2.75, 3.05) is 47.4 Å². The van der Waals surface area contributed by atoms with E-state index in [1.54, 1.807) is 7.11 Å². The Hall–Kier alpha value is -2.11. The molecule has 2 fully saturated rings. The zero-order valence-corrected chi connectivity index (χ0v) is 20.1. The molecule has 1 unspecified atom stereocenters. The van der Waals surface area contributed by atoms with Crippen LogP contribution in [0, 0.1) is 5.92 Å². The van der Waals surface area contributed by atoms with Crippen molar-refractivity contribution in [2.45, 2.75) is 51.1 Å². The van der Waals surface area contributed by atoms with Gasteiger partial charge in [0.05, 0.1) is 7.11 Å². The molecule has 0 N–H and O–H groups in total. The number of hydrogen-bond donors (Lipinski definition) is 0. The standard InChI is InChI=1S/C27H39N3O2/c1-28-17-14-23(15-18-28)29(2)27(31)13-10-21-7-6-16-30(19-21)20-25-24-9-5-4-8-22(24)11-12-26(25)32-3/h4-5,8-9,11-12,21,23H,6-7,10,13-20H2,1-3H3. The van der Waals surface area contributed by atoms with Crippen molar-refractivity contribution in [3.63, 3.8) is 0 Å². The SMILES string of the molecule is COc1ccc2ccccc2c1CN1CCCC(CCC(=O)N(C)C2CCN(C)CC2)C1. The molecule has 32 heavy (non-hydrogen) atoms. The van der Waals surface area contributed by atoms with Crippen LogP contribution in [0.15, 0.2) is 36.4 Å². The van der Waals surface area contributed by atoms with Gasteiger partial charge >= 0.3 is 0 Å². The van der Waals surface area contributed by atoms with Gasteiger partial charge in [0, 0.05) is 38.2 Å². The van der Waals surface area contributed by atoms with Crippen LogP contribution in [-0.2, 0) is 11.3 Å². The minimum absolute atomic E-state index is 0.326. The Morgan fingerprint density at radius 2 is 1.88 bits per heavy atom. The van der Waals surface area contributed by atoms with E-state index in [1.165, 1.54) is 29.2 Å². The maximum Gasteiger partial charge on any atom is 0.222 e. The van der Waals surface area contributed by atoms with Crippen molar-refractivity contribution in [1.29, 1.82) is 0 Å². The summed E-state index contributed by atoms with van der Waals surface area (Å²) in [5, 5.41) is 2.54. The van der Waals surface area contributed by atoms with Gasteiger partial charge in [0.15, 0.2) is 0 Å². The first kappa shape index (κ1) is 23.1. The average Bonchev–Trinajstić information content (AvgIpc) is 2.83. The number of ether oxygens (including phenoxy) is 1. The molecule has 2 aromatic rings. The lowest BCUT2D eigenvalue weighted by atomic mass is 9.92. The summed E-state index contributed by atoms with van der Waals surface area (Å²) in [5.74, 6) is 1.90. The number of carbonyl (C=O) groups is 1. The molecule has 1 amide bonds. The summed E-state index contributed by atoms with van der Waals surface area (Å²) in [7, 11) is 5.94. The number of amides is 1. The first-order valence-corrected chi connectivity index (χ1v) is 12.3. The molecule has 0 radical (unpaired) electrons. The summed E-state index contributed by atoms with van der Waals surface area (Å²) in [6.45, 7) is 5.28. The Morgan fingerprint density at radius 3 is 2.66 bits per heavy atom. The molecular weight excluding hydrogens is 398 g/mol. The van der Waals surface area contributed by atoms with Crippen molar-refractivity contribution >= 4 is 16.7 Å². The highest BCUT2D eigenvalue weighted by Crippen LogP contribution is 2.31. The van der Waals surface area contributed by atoms with E-state index in [1.807, 2.05) is 11.9 Å². The summed E-state index contributed by atoms with van der Waals surface area (Å²) in [6, 6.07) is 13.2. The van der Waals surface area contributed by atoms with Gasteiger partial charge in [-0.2, -0.15) is 0 Å². The van der Waals surface area contributed by atoms with Crippen LogP contribution in [0.25, 0.3) is 10.8 Å². The number of piperidine rings is 2. The van der Waals surface area contributed by atoms with Crippen molar-refractivity contribution in [3.05, 3.63) is 42.0 Å². The predicted octanol–water partition coefficient (Wildman–Crippen LogP) is 4.39. The van der Waals surface area contributed by atoms with Gasteiger partial charge in [-0.15, -0.1) is 0 Å². The number of methoxy groups -OCH3 is 1. The summed E-state index contributed by atoms with van der Waals surface area (Å²) in [5.41, 5.74) is 1.28. The molecule has 2 aliphatic rings.